The number of aromatic nitrogens is 7. The van der Waals surface area contributed by atoms with Crippen LogP contribution in [0.5, 0.6) is 0 Å². The smallest absolute Gasteiger partial charge is 0.295 e. The number of aryl methyl sites for hydroxylation is 1. The molecule has 40 heavy (non-hydrogen) atoms. The van der Waals surface area contributed by atoms with Gasteiger partial charge in [0.2, 0.25) is 0 Å². The van der Waals surface area contributed by atoms with Crippen molar-refractivity contribution < 1.29 is 0 Å². The van der Waals surface area contributed by atoms with E-state index in [9.17, 15) is 4.79 Å². The standard InChI is InChI=1S/C32H43N7O/c1-5-6-13-25-21-39(30-23(4)12-8-7-9-14-26(30)22(2)3)32(40)38(25)20-24-17-18-29(33-19-24)27-15-10-11-16-28(27)31-34-36-37-35-31/h10-11,15-19,21-23,26,30H,5-9,12-14,20H2,1-4H3,(H,34,35,36,37). The molecule has 8 heteroatoms. The predicted molar refractivity (Wildman–Crippen MR) is 159 cm³/mol. The molecule has 0 saturated heterocycles. The van der Waals surface area contributed by atoms with Gasteiger partial charge in [0, 0.05) is 35.3 Å². The molecule has 1 N–H and O–H groups in total. The second-order valence-electron chi connectivity index (χ2n) is 11.9. The molecule has 3 aromatic heterocycles. The van der Waals surface area contributed by atoms with Gasteiger partial charge in [0.05, 0.1) is 12.2 Å². The summed E-state index contributed by atoms with van der Waals surface area (Å²) in [4.78, 5) is 18.9. The number of benzene rings is 1. The van der Waals surface area contributed by atoms with E-state index in [0.717, 1.165) is 47.3 Å². The molecule has 0 radical (unpaired) electrons. The van der Waals surface area contributed by atoms with Gasteiger partial charge in [-0.25, -0.2) is 9.89 Å². The molecule has 1 aliphatic carbocycles. The third-order valence-electron chi connectivity index (χ3n) is 8.74. The first kappa shape index (κ1) is 28.0. The molecule has 5 rings (SSSR count). The summed E-state index contributed by atoms with van der Waals surface area (Å²) in [7, 11) is 0. The van der Waals surface area contributed by atoms with E-state index in [1.54, 1.807) is 0 Å². The highest BCUT2D eigenvalue weighted by Crippen LogP contribution is 2.39. The van der Waals surface area contributed by atoms with Crippen LogP contribution in [0, 0.1) is 17.8 Å². The fourth-order valence-corrected chi connectivity index (χ4v) is 6.53. The summed E-state index contributed by atoms with van der Waals surface area (Å²) in [5, 5.41) is 14.4. The first-order chi connectivity index (χ1) is 19.5. The Morgan fingerprint density at radius 1 is 1.05 bits per heavy atom. The van der Waals surface area contributed by atoms with Gasteiger partial charge in [-0.2, -0.15) is 0 Å². The summed E-state index contributed by atoms with van der Waals surface area (Å²) in [5.41, 5.74) is 4.98. The highest BCUT2D eigenvalue weighted by Gasteiger charge is 2.33. The lowest BCUT2D eigenvalue weighted by Crippen LogP contribution is -2.37. The Bertz CT molecular complexity index is 1420. The summed E-state index contributed by atoms with van der Waals surface area (Å²) in [5.74, 6) is 2.16. The zero-order chi connectivity index (χ0) is 28.1. The number of aromatic amines is 1. The highest BCUT2D eigenvalue weighted by atomic mass is 16.1. The van der Waals surface area contributed by atoms with Gasteiger partial charge in [0.15, 0.2) is 5.82 Å². The van der Waals surface area contributed by atoms with Crippen LogP contribution in [-0.4, -0.2) is 34.7 Å². The Morgan fingerprint density at radius 2 is 1.85 bits per heavy atom. The molecule has 1 aromatic carbocycles. The van der Waals surface area contributed by atoms with Crippen LogP contribution < -0.4 is 5.69 Å². The first-order valence-corrected chi connectivity index (χ1v) is 15.1. The average molecular weight is 542 g/mol. The van der Waals surface area contributed by atoms with E-state index in [0.29, 0.717) is 30.1 Å². The van der Waals surface area contributed by atoms with E-state index in [4.69, 9.17) is 4.98 Å². The van der Waals surface area contributed by atoms with E-state index in [1.165, 1.54) is 32.1 Å². The maximum absolute atomic E-state index is 14.1. The Balaban J connectivity index is 1.47. The summed E-state index contributed by atoms with van der Waals surface area (Å²) in [6.07, 6.45) is 13.4. The van der Waals surface area contributed by atoms with Crippen molar-refractivity contribution in [2.24, 2.45) is 17.8 Å². The number of pyridine rings is 1. The molecule has 4 aromatic rings. The zero-order valence-electron chi connectivity index (χ0n) is 24.4. The number of unbranched alkanes of at least 4 members (excludes halogenated alkanes) is 1. The van der Waals surface area contributed by atoms with Crippen LogP contribution in [0.25, 0.3) is 22.6 Å². The molecule has 3 heterocycles. The minimum Gasteiger partial charge on any atom is -0.295 e. The number of hydrogen-bond acceptors (Lipinski definition) is 5. The largest absolute Gasteiger partial charge is 0.328 e. The predicted octanol–water partition coefficient (Wildman–Crippen LogP) is 6.70. The molecular weight excluding hydrogens is 498 g/mol. The van der Waals surface area contributed by atoms with Crippen molar-refractivity contribution in [2.75, 3.05) is 0 Å². The van der Waals surface area contributed by atoms with Crippen molar-refractivity contribution in [3.05, 3.63) is 70.5 Å². The third-order valence-corrected chi connectivity index (χ3v) is 8.74. The molecular formula is C32H43N7O. The SMILES string of the molecule is CCCCc1cn(C2C(C)CCCCCC2C(C)C)c(=O)n1Cc1ccc(-c2ccccc2-c2nnn[nH]2)nc1. The fraction of sp³-hybridized carbons (Fsp3) is 0.531. The molecule has 3 atom stereocenters. The molecule has 8 nitrogen and oxygen atoms in total. The number of hydrogen-bond donors (Lipinski definition) is 1. The fourth-order valence-electron chi connectivity index (χ4n) is 6.53. The number of nitrogens with one attached hydrogen (secondary N) is 1. The summed E-state index contributed by atoms with van der Waals surface area (Å²) in [6.45, 7) is 9.75. The lowest BCUT2D eigenvalue weighted by atomic mass is 9.75. The molecule has 0 spiro atoms. The van der Waals surface area contributed by atoms with Crippen molar-refractivity contribution in [2.45, 2.75) is 91.6 Å². The topological polar surface area (TPSA) is 94.3 Å². The van der Waals surface area contributed by atoms with E-state index in [-0.39, 0.29) is 11.7 Å². The van der Waals surface area contributed by atoms with E-state index < -0.39 is 0 Å². The van der Waals surface area contributed by atoms with Gasteiger partial charge < -0.3 is 0 Å². The van der Waals surface area contributed by atoms with Gasteiger partial charge in [0.1, 0.15) is 0 Å². The van der Waals surface area contributed by atoms with Crippen LogP contribution in [0.3, 0.4) is 0 Å². The van der Waals surface area contributed by atoms with Gasteiger partial charge in [-0.05, 0) is 65.5 Å². The van der Waals surface area contributed by atoms with Gasteiger partial charge in [-0.15, -0.1) is 5.10 Å². The molecule has 212 valence electrons. The lowest BCUT2D eigenvalue weighted by molar-refractivity contribution is 0.151. The quantitative estimate of drug-likeness (QED) is 0.255. The van der Waals surface area contributed by atoms with E-state index in [2.05, 4.69) is 65.1 Å². The summed E-state index contributed by atoms with van der Waals surface area (Å²) >= 11 is 0. The molecule has 1 aliphatic rings. The van der Waals surface area contributed by atoms with E-state index in [1.807, 2.05) is 41.1 Å². The molecule has 1 fully saturated rings. The zero-order valence-corrected chi connectivity index (χ0v) is 24.4. The normalized spacial score (nSPS) is 20.0. The van der Waals surface area contributed by atoms with Crippen LogP contribution in [0.1, 0.15) is 89.9 Å². The number of H-pyrrole nitrogens is 1. The second kappa shape index (κ2) is 12.7. The number of nitrogens with zero attached hydrogens (tertiary/aromatic N) is 6. The molecule has 1 saturated carbocycles. The van der Waals surface area contributed by atoms with Gasteiger partial charge in [-0.1, -0.05) is 83.7 Å². The molecule has 0 bridgehead atoms. The third kappa shape index (κ3) is 5.96. The van der Waals surface area contributed by atoms with Crippen LogP contribution in [0.2, 0.25) is 0 Å². The van der Waals surface area contributed by atoms with Crippen LogP contribution in [-0.2, 0) is 13.0 Å². The Kier molecular flexibility index (Phi) is 8.92. The van der Waals surface area contributed by atoms with Gasteiger partial charge >= 0.3 is 5.69 Å². The summed E-state index contributed by atoms with van der Waals surface area (Å²) in [6, 6.07) is 12.3. The van der Waals surface area contributed by atoms with Crippen LogP contribution >= 0.6 is 0 Å². The maximum Gasteiger partial charge on any atom is 0.328 e. The Hall–Kier alpha value is -3.55. The van der Waals surface area contributed by atoms with Crippen molar-refractivity contribution >= 4 is 0 Å². The lowest BCUT2D eigenvalue weighted by Gasteiger charge is -2.37. The first-order valence-electron chi connectivity index (χ1n) is 15.1. The molecule has 0 aliphatic heterocycles. The second-order valence-corrected chi connectivity index (χ2v) is 11.9. The van der Waals surface area contributed by atoms with Crippen molar-refractivity contribution in [3.63, 3.8) is 0 Å². The maximum atomic E-state index is 14.1. The average Bonchev–Trinajstić information content (AvgIpc) is 3.59. The van der Waals surface area contributed by atoms with Crippen LogP contribution in [0.4, 0.5) is 0 Å². The highest BCUT2D eigenvalue weighted by molar-refractivity contribution is 5.78. The Labute approximate surface area is 237 Å². The monoisotopic (exact) mass is 541 g/mol. The van der Waals surface area contributed by atoms with Crippen molar-refractivity contribution in [3.8, 4) is 22.6 Å². The Morgan fingerprint density at radius 3 is 2.55 bits per heavy atom. The molecule has 3 unspecified atom stereocenters. The molecule has 0 amide bonds. The minimum absolute atomic E-state index is 0.126. The summed E-state index contributed by atoms with van der Waals surface area (Å²) < 4.78 is 4.12. The van der Waals surface area contributed by atoms with Gasteiger partial charge in [0.25, 0.3) is 0 Å². The van der Waals surface area contributed by atoms with E-state index >= 15 is 0 Å². The number of imidazole rings is 1. The van der Waals surface area contributed by atoms with Crippen molar-refractivity contribution in [1.29, 1.82) is 0 Å². The van der Waals surface area contributed by atoms with Gasteiger partial charge in [-0.3, -0.25) is 14.1 Å². The van der Waals surface area contributed by atoms with Crippen LogP contribution in [0.15, 0.2) is 53.6 Å². The van der Waals surface area contributed by atoms with Crippen molar-refractivity contribution in [1.82, 2.24) is 34.7 Å². The number of tetrazole rings is 1. The number of rotatable bonds is 9. The minimum atomic E-state index is 0.126.